The fourth-order valence-corrected chi connectivity index (χ4v) is 10.8. The molecule has 0 fully saturated rings. The zero-order chi connectivity index (χ0) is 55.0. The van der Waals surface area contributed by atoms with E-state index in [0.717, 1.165) is 57.8 Å². The largest absolute Gasteiger partial charge is 0.462 e. The Bertz CT molecular complexity index is 1180. The smallest absolute Gasteiger partial charge is 0.306 e. The van der Waals surface area contributed by atoms with E-state index in [1.54, 1.807) is 0 Å². The summed E-state index contributed by atoms with van der Waals surface area (Å²) in [5, 5.41) is 0. The SMILES string of the molecule is CCCCCCCCCC/C=C\CCCCCCCCCCCCCCCCCCCCCCCC(=O)OCC(COC(=O)CCCCCCCCCCCCC)OC(=O)CCCCCCCCCCCCCCCC. The highest BCUT2D eigenvalue weighted by atomic mass is 16.6. The molecule has 0 aliphatic heterocycles. The fraction of sp³-hybridized carbons (Fsp3) is 0.929. The molecule has 0 radical (unpaired) electrons. The van der Waals surface area contributed by atoms with Crippen LogP contribution in [0.3, 0.4) is 0 Å². The van der Waals surface area contributed by atoms with Gasteiger partial charge >= 0.3 is 17.9 Å². The molecule has 0 saturated carbocycles. The summed E-state index contributed by atoms with van der Waals surface area (Å²) < 4.78 is 16.9. The summed E-state index contributed by atoms with van der Waals surface area (Å²) in [5.41, 5.74) is 0. The number of unbranched alkanes of at least 4 members (excludes halogenated alkanes) is 52. The molecule has 6 heteroatoms. The van der Waals surface area contributed by atoms with Gasteiger partial charge in [-0.2, -0.15) is 0 Å². The van der Waals surface area contributed by atoms with Gasteiger partial charge in [-0.1, -0.05) is 348 Å². The summed E-state index contributed by atoms with van der Waals surface area (Å²) in [6.07, 6.45) is 78.3. The maximum atomic E-state index is 12.9. The lowest BCUT2D eigenvalue weighted by atomic mass is 10.0. The van der Waals surface area contributed by atoms with E-state index < -0.39 is 6.10 Å². The summed E-state index contributed by atoms with van der Waals surface area (Å²) in [4.78, 5) is 38.2. The highest BCUT2D eigenvalue weighted by Gasteiger charge is 2.19. The molecule has 0 bridgehead atoms. The number of esters is 3. The van der Waals surface area contributed by atoms with Crippen LogP contribution in [0, 0.1) is 0 Å². The molecule has 0 N–H and O–H groups in total. The zero-order valence-corrected chi connectivity index (χ0v) is 51.8. The van der Waals surface area contributed by atoms with Crippen molar-refractivity contribution in [2.45, 2.75) is 406 Å². The Hall–Kier alpha value is -1.85. The molecule has 0 aromatic heterocycles. The highest BCUT2D eigenvalue weighted by Crippen LogP contribution is 2.19. The minimum absolute atomic E-state index is 0.0621. The average Bonchev–Trinajstić information content (AvgIpc) is 3.42. The van der Waals surface area contributed by atoms with Crippen molar-refractivity contribution in [3.05, 3.63) is 12.2 Å². The molecule has 450 valence electrons. The standard InChI is InChI=1S/C70H134O6/c1-4-7-10-13-16-19-22-24-26-27-28-29-30-31-32-33-34-35-36-37-38-39-40-41-42-43-44-46-48-51-54-57-60-63-69(72)75-66-67(65-74-68(71)62-59-56-53-50-47-21-18-15-12-9-6-3)76-70(73)64-61-58-55-52-49-45-25-23-20-17-14-11-8-5-2/h27-28,67H,4-26,29-66H2,1-3H3/b28-27-. The summed E-state index contributed by atoms with van der Waals surface area (Å²) in [6, 6.07) is 0. The van der Waals surface area contributed by atoms with Crippen LogP contribution < -0.4 is 0 Å². The lowest BCUT2D eigenvalue weighted by Crippen LogP contribution is -2.30. The molecule has 0 saturated heterocycles. The van der Waals surface area contributed by atoms with Crippen LogP contribution in [0.2, 0.25) is 0 Å². The molecular weight excluding hydrogens is 937 g/mol. The number of carbonyl (C=O) groups excluding carboxylic acids is 3. The van der Waals surface area contributed by atoms with Gasteiger partial charge in [0.05, 0.1) is 0 Å². The number of hydrogen-bond acceptors (Lipinski definition) is 6. The molecule has 0 spiro atoms. The van der Waals surface area contributed by atoms with E-state index in [1.807, 2.05) is 0 Å². The molecular formula is C70H134O6. The van der Waals surface area contributed by atoms with Crippen LogP contribution in [0.1, 0.15) is 400 Å². The van der Waals surface area contributed by atoms with E-state index >= 15 is 0 Å². The van der Waals surface area contributed by atoms with E-state index in [2.05, 4.69) is 32.9 Å². The van der Waals surface area contributed by atoms with E-state index in [0.29, 0.717) is 19.3 Å². The van der Waals surface area contributed by atoms with Crippen LogP contribution in [-0.4, -0.2) is 37.2 Å². The van der Waals surface area contributed by atoms with Crippen molar-refractivity contribution >= 4 is 17.9 Å². The third-order valence-electron chi connectivity index (χ3n) is 16.0. The molecule has 0 aliphatic carbocycles. The van der Waals surface area contributed by atoms with Gasteiger partial charge in [0, 0.05) is 19.3 Å². The Morgan fingerprint density at radius 3 is 0.658 bits per heavy atom. The van der Waals surface area contributed by atoms with Gasteiger partial charge in [-0.15, -0.1) is 0 Å². The first-order valence-corrected chi connectivity index (χ1v) is 34.7. The quantitative estimate of drug-likeness (QED) is 0.0261. The van der Waals surface area contributed by atoms with Crippen molar-refractivity contribution in [3.63, 3.8) is 0 Å². The first kappa shape index (κ1) is 74.2. The van der Waals surface area contributed by atoms with Crippen molar-refractivity contribution in [1.82, 2.24) is 0 Å². The molecule has 1 unspecified atom stereocenters. The lowest BCUT2D eigenvalue weighted by molar-refractivity contribution is -0.167. The Labute approximate surface area is 475 Å². The average molecular weight is 1070 g/mol. The van der Waals surface area contributed by atoms with Gasteiger partial charge in [-0.05, 0) is 44.9 Å². The number of hydrogen-bond donors (Lipinski definition) is 0. The van der Waals surface area contributed by atoms with E-state index in [1.165, 1.54) is 302 Å². The van der Waals surface area contributed by atoms with Crippen molar-refractivity contribution in [2.75, 3.05) is 13.2 Å². The summed E-state index contributed by atoms with van der Waals surface area (Å²) in [6.45, 7) is 6.70. The van der Waals surface area contributed by atoms with Crippen LogP contribution in [0.25, 0.3) is 0 Å². The molecule has 0 amide bonds. The van der Waals surface area contributed by atoms with Crippen LogP contribution in [0.4, 0.5) is 0 Å². The first-order chi connectivity index (χ1) is 37.5. The van der Waals surface area contributed by atoms with Crippen molar-refractivity contribution in [2.24, 2.45) is 0 Å². The minimum atomic E-state index is -0.763. The van der Waals surface area contributed by atoms with Crippen LogP contribution in [-0.2, 0) is 28.6 Å². The summed E-state index contributed by atoms with van der Waals surface area (Å²) in [5.74, 6) is -0.832. The first-order valence-electron chi connectivity index (χ1n) is 34.7. The molecule has 6 nitrogen and oxygen atoms in total. The summed E-state index contributed by atoms with van der Waals surface area (Å²) >= 11 is 0. The normalized spacial score (nSPS) is 12.0. The Morgan fingerprint density at radius 1 is 0.250 bits per heavy atom. The Balaban J connectivity index is 4.00. The summed E-state index contributed by atoms with van der Waals surface area (Å²) in [7, 11) is 0. The third-order valence-corrected chi connectivity index (χ3v) is 16.0. The van der Waals surface area contributed by atoms with E-state index in [4.69, 9.17) is 14.2 Å². The predicted molar refractivity (Wildman–Crippen MR) is 330 cm³/mol. The highest BCUT2D eigenvalue weighted by molar-refractivity contribution is 5.71. The Kier molecular flexibility index (Phi) is 64.1. The van der Waals surface area contributed by atoms with Gasteiger partial charge < -0.3 is 14.2 Å². The lowest BCUT2D eigenvalue weighted by Gasteiger charge is -2.18. The number of ether oxygens (including phenoxy) is 3. The molecule has 0 heterocycles. The molecule has 0 aromatic rings. The minimum Gasteiger partial charge on any atom is -0.462 e. The monoisotopic (exact) mass is 1070 g/mol. The van der Waals surface area contributed by atoms with Crippen molar-refractivity contribution < 1.29 is 28.6 Å². The van der Waals surface area contributed by atoms with Gasteiger partial charge in [0.2, 0.25) is 0 Å². The molecule has 1 atom stereocenters. The van der Waals surface area contributed by atoms with Gasteiger partial charge in [0.1, 0.15) is 13.2 Å². The fourth-order valence-electron chi connectivity index (χ4n) is 10.8. The van der Waals surface area contributed by atoms with Gasteiger partial charge in [0.25, 0.3) is 0 Å². The topological polar surface area (TPSA) is 78.9 Å². The van der Waals surface area contributed by atoms with Crippen molar-refractivity contribution in [3.8, 4) is 0 Å². The van der Waals surface area contributed by atoms with Gasteiger partial charge in [-0.25, -0.2) is 0 Å². The second-order valence-electron chi connectivity index (χ2n) is 23.8. The van der Waals surface area contributed by atoms with Crippen LogP contribution >= 0.6 is 0 Å². The second-order valence-corrected chi connectivity index (χ2v) is 23.8. The zero-order valence-electron chi connectivity index (χ0n) is 51.8. The second kappa shape index (κ2) is 65.7. The van der Waals surface area contributed by atoms with Crippen LogP contribution in [0.5, 0.6) is 0 Å². The predicted octanol–water partition coefficient (Wildman–Crippen LogP) is 23.6. The third kappa shape index (κ3) is 63.0. The van der Waals surface area contributed by atoms with E-state index in [9.17, 15) is 14.4 Å². The van der Waals surface area contributed by atoms with Crippen LogP contribution in [0.15, 0.2) is 12.2 Å². The molecule has 76 heavy (non-hydrogen) atoms. The molecule has 0 aliphatic rings. The van der Waals surface area contributed by atoms with Crippen molar-refractivity contribution in [1.29, 1.82) is 0 Å². The molecule has 0 aromatic carbocycles. The number of carbonyl (C=O) groups is 3. The van der Waals surface area contributed by atoms with Gasteiger partial charge in [0.15, 0.2) is 6.10 Å². The number of rotatable bonds is 65. The van der Waals surface area contributed by atoms with Gasteiger partial charge in [-0.3, -0.25) is 14.4 Å². The maximum absolute atomic E-state index is 12.9. The molecule has 0 rings (SSSR count). The Morgan fingerprint density at radius 2 is 0.434 bits per heavy atom. The van der Waals surface area contributed by atoms with E-state index in [-0.39, 0.29) is 31.1 Å². The number of allylic oxidation sites excluding steroid dienone is 2. The maximum Gasteiger partial charge on any atom is 0.306 e.